The first-order valence-corrected chi connectivity index (χ1v) is 7.51. The summed E-state index contributed by atoms with van der Waals surface area (Å²) in [4.78, 5) is 11.8. The smallest absolute Gasteiger partial charge is 0.183 e. The van der Waals surface area contributed by atoms with Crippen LogP contribution in [0, 0.1) is 6.92 Å². The monoisotopic (exact) mass is 326 g/mol. The van der Waals surface area contributed by atoms with Gasteiger partial charge >= 0.3 is 0 Å². The molecule has 1 heterocycles. The van der Waals surface area contributed by atoms with Gasteiger partial charge in [0.15, 0.2) is 17.2 Å². The predicted octanol–water partition coefficient (Wildman–Crippen LogP) is 4.41. The molecular formula is C18H15ClN2O2. The van der Waals surface area contributed by atoms with Crippen LogP contribution in [0.5, 0.6) is 5.75 Å². The molecule has 3 rings (SSSR count). The van der Waals surface area contributed by atoms with E-state index in [1.165, 1.54) is 6.92 Å². The third-order valence-corrected chi connectivity index (χ3v) is 3.91. The number of carbonyl (C=O) groups is 1. The van der Waals surface area contributed by atoms with Gasteiger partial charge in [-0.1, -0.05) is 41.9 Å². The van der Waals surface area contributed by atoms with Crippen molar-refractivity contribution in [2.45, 2.75) is 13.8 Å². The molecule has 0 aliphatic carbocycles. The highest BCUT2D eigenvalue weighted by molar-refractivity contribution is 6.30. The van der Waals surface area contributed by atoms with E-state index in [4.69, 9.17) is 11.6 Å². The fraction of sp³-hybridized carbons (Fsp3) is 0.111. The van der Waals surface area contributed by atoms with Crippen LogP contribution in [-0.4, -0.2) is 20.7 Å². The number of aryl methyl sites for hydroxylation is 1. The Morgan fingerprint density at radius 1 is 1.13 bits per heavy atom. The molecule has 2 aromatic carbocycles. The van der Waals surface area contributed by atoms with Crippen molar-refractivity contribution in [1.29, 1.82) is 0 Å². The molecule has 116 valence electrons. The summed E-state index contributed by atoms with van der Waals surface area (Å²) in [6.45, 7) is 3.34. The van der Waals surface area contributed by atoms with Crippen molar-refractivity contribution in [1.82, 2.24) is 9.78 Å². The Kier molecular flexibility index (Phi) is 3.92. The fourth-order valence-corrected chi connectivity index (χ4v) is 2.62. The van der Waals surface area contributed by atoms with E-state index in [9.17, 15) is 9.90 Å². The number of nitrogens with zero attached hydrogens (tertiary/aromatic N) is 2. The van der Waals surface area contributed by atoms with Crippen molar-refractivity contribution in [2.75, 3.05) is 0 Å². The quantitative estimate of drug-likeness (QED) is 0.725. The lowest BCUT2D eigenvalue weighted by Crippen LogP contribution is -2.02. The number of rotatable bonds is 3. The maximum atomic E-state index is 11.8. The lowest BCUT2D eigenvalue weighted by molar-refractivity contribution is 0.101. The van der Waals surface area contributed by atoms with Crippen molar-refractivity contribution in [3.63, 3.8) is 0 Å². The molecular weight excluding hydrogens is 312 g/mol. The van der Waals surface area contributed by atoms with Crippen LogP contribution in [-0.2, 0) is 0 Å². The first-order chi connectivity index (χ1) is 11.0. The summed E-state index contributed by atoms with van der Waals surface area (Å²) >= 11 is 5.94. The number of para-hydroxylation sites is 1. The Labute approximate surface area is 139 Å². The first kappa shape index (κ1) is 15.3. The average molecular weight is 327 g/mol. The normalized spacial score (nSPS) is 10.7. The highest BCUT2D eigenvalue weighted by Gasteiger charge is 2.23. The van der Waals surface area contributed by atoms with Crippen molar-refractivity contribution in [2.24, 2.45) is 0 Å². The van der Waals surface area contributed by atoms with E-state index in [0.717, 1.165) is 16.8 Å². The summed E-state index contributed by atoms with van der Waals surface area (Å²) in [5, 5.41) is 15.4. The van der Waals surface area contributed by atoms with Crippen LogP contribution in [0.1, 0.15) is 23.0 Å². The van der Waals surface area contributed by atoms with Gasteiger partial charge in [-0.2, -0.15) is 5.10 Å². The molecule has 0 bridgehead atoms. The predicted molar refractivity (Wildman–Crippen MR) is 90.4 cm³/mol. The largest absolute Gasteiger partial charge is 0.504 e. The number of Topliss-reactive ketones (excluding diaryl/α,β-unsaturated/α-hetero) is 1. The topological polar surface area (TPSA) is 55.1 Å². The Morgan fingerprint density at radius 3 is 2.39 bits per heavy atom. The zero-order valence-electron chi connectivity index (χ0n) is 12.7. The molecule has 0 spiro atoms. The van der Waals surface area contributed by atoms with Crippen LogP contribution < -0.4 is 0 Å². The van der Waals surface area contributed by atoms with E-state index in [1.54, 1.807) is 28.9 Å². The Bertz CT molecular complexity index is 883. The minimum Gasteiger partial charge on any atom is -0.504 e. The lowest BCUT2D eigenvalue weighted by atomic mass is 10.1. The lowest BCUT2D eigenvalue weighted by Gasteiger charge is -2.10. The third kappa shape index (κ3) is 2.73. The standard InChI is InChI=1S/C18H15ClN2O2/c1-11-5-3-4-6-15(11)21-17(13-7-9-14(19)10-8-13)18(23)16(20-21)12(2)22/h3-10,23H,1-2H3. The third-order valence-electron chi connectivity index (χ3n) is 3.66. The van der Waals surface area contributed by atoms with Crippen molar-refractivity contribution < 1.29 is 9.90 Å². The second-order valence-corrected chi connectivity index (χ2v) is 5.74. The molecule has 0 aliphatic rings. The van der Waals surface area contributed by atoms with Gasteiger partial charge in [-0.05, 0) is 30.7 Å². The number of hydrogen-bond acceptors (Lipinski definition) is 3. The van der Waals surface area contributed by atoms with Crippen LogP contribution in [0.25, 0.3) is 16.9 Å². The molecule has 4 nitrogen and oxygen atoms in total. The molecule has 3 aromatic rings. The molecule has 0 amide bonds. The summed E-state index contributed by atoms with van der Waals surface area (Å²) in [5.74, 6) is -0.409. The number of hydrogen-bond donors (Lipinski definition) is 1. The van der Waals surface area contributed by atoms with E-state index in [2.05, 4.69) is 5.10 Å². The molecule has 23 heavy (non-hydrogen) atoms. The minimum atomic E-state index is -0.287. The number of aromatic nitrogens is 2. The van der Waals surface area contributed by atoms with Crippen molar-refractivity contribution >= 4 is 17.4 Å². The number of benzene rings is 2. The summed E-state index contributed by atoms with van der Waals surface area (Å²) in [5.41, 5.74) is 3.05. The number of ketones is 1. The van der Waals surface area contributed by atoms with E-state index >= 15 is 0 Å². The molecule has 0 saturated carbocycles. The van der Waals surface area contributed by atoms with Gasteiger partial charge < -0.3 is 5.11 Å². The van der Waals surface area contributed by atoms with E-state index in [-0.39, 0.29) is 17.2 Å². The first-order valence-electron chi connectivity index (χ1n) is 7.14. The average Bonchev–Trinajstić information content (AvgIpc) is 2.86. The molecule has 0 atom stereocenters. The molecule has 0 aliphatic heterocycles. The van der Waals surface area contributed by atoms with Gasteiger partial charge in [0, 0.05) is 17.5 Å². The maximum Gasteiger partial charge on any atom is 0.183 e. The Hall–Kier alpha value is -2.59. The van der Waals surface area contributed by atoms with Crippen LogP contribution in [0.2, 0.25) is 5.02 Å². The minimum absolute atomic E-state index is 0.0539. The summed E-state index contributed by atoms with van der Waals surface area (Å²) in [6.07, 6.45) is 0. The molecule has 1 aromatic heterocycles. The van der Waals surface area contributed by atoms with E-state index < -0.39 is 0 Å². The van der Waals surface area contributed by atoms with E-state index in [0.29, 0.717) is 10.7 Å². The number of carbonyl (C=O) groups excluding carboxylic acids is 1. The van der Waals surface area contributed by atoms with Crippen molar-refractivity contribution in [3.8, 4) is 22.7 Å². The Balaban J connectivity index is 2.31. The highest BCUT2D eigenvalue weighted by atomic mass is 35.5. The van der Waals surface area contributed by atoms with E-state index in [1.807, 2.05) is 31.2 Å². The van der Waals surface area contributed by atoms with Crippen LogP contribution in [0.3, 0.4) is 0 Å². The van der Waals surface area contributed by atoms with Gasteiger partial charge in [-0.3, -0.25) is 4.79 Å². The summed E-state index contributed by atoms with van der Waals surface area (Å²) < 4.78 is 1.60. The summed E-state index contributed by atoms with van der Waals surface area (Å²) in [6, 6.07) is 14.7. The van der Waals surface area contributed by atoms with Crippen molar-refractivity contribution in [3.05, 3.63) is 64.8 Å². The van der Waals surface area contributed by atoms with Gasteiger partial charge in [-0.25, -0.2) is 4.68 Å². The molecule has 1 N–H and O–H groups in total. The van der Waals surface area contributed by atoms with Gasteiger partial charge in [0.05, 0.1) is 5.69 Å². The number of halogens is 1. The molecule has 0 unspecified atom stereocenters. The van der Waals surface area contributed by atoms with Crippen LogP contribution >= 0.6 is 11.6 Å². The van der Waals surface area contributed by atoms with Crippen LogP contribution in [0.15, 0.2) is 48.5 Å². The second-order valence-electron chi connectivity index (χ2n) is 5.31. The van der Waals surface area contributed by atoms with Gasteiger partial charge in [0.25, 0.3) is 0 Å². The molecule has 0 saturated heterocycles. The van der Waals surface area contributed by atoms with Gasteiger partial charge in [-0.15, -0.1) is 0 Å². The fourth-order valence-electron chi connectivity index (χ4n) is 2.49. The second kappa shape index (κ2) is 5.89. The van der Waals surface area contributed by atoms with Gasteiger partial charge in [0.2, 0.25) is 0 Å². The Morgan fingerprint density at radius 2 is 1.78 bits per heavy atom. The zero-order valence-corrected chi connectivity index (χ0v) is 13.5. The molecule has 0 radical (unpaired) electrons. The zero-order chi connectivity index (χ0) is 16.6. The molecule has 5 heteroatoms. The van der Waals surface area contributed by atoms with Crippen LogP contribution in [0.4, 0.5) is 0 Å². The van der Waals surface area contributed by atoms with Gasteiger partial charge in [0.1, 0.15) is 5.69 Å². The molecule has 0 fully saturated rings. The highest BCUT2D eigenvalue weighted by Crippen LogP contribution is 2.35. The summed E-state index contributed by atoms with van der Waals surface area (Å²) in [7, 11) is 0. The number of aromatic hydroxyl groups is 1. The maximum absolute atomic E-state index is 11.8. The SMILES string of the molecule is CC(=O)c1nn(-c2ccccc2C)c(-c2ccc(Cl)cc2)c1O.